The van der Waals surface area contributed by atoms with Gasteiger partial charge in [0.2, 0.25) is 11.8 Å². The van der Waals surface area contributed by atoms with Crippen LogP contribution < -0.4 is 5.32 Å². The molecule has 10 heteroatoms. The van der Waals surface area contributed by atoms with Crippen molar-refractivity contribution in [2.24, 2.45) is 0 Å². The minimum Gasteiger partial charge on any atom is -0.460 e. The van der Waals surface area contributed by atoms with Gasteiger partial charge in [0, 0.05) is 26.6 Å². The van der Waals surface area contributed by atoms with E-state index in [1.165, 1.54) is 18.7 Å². The van der Waals surface area contributed by atoms with Crippen molar-refractivity contribution in [2.45, 2.75) is 83.6 Å². The Balaban J connectivity index is 2.26. The fraction of sp³-hybridized carbons (Fsp3) is 0.810. The Hall–Kier alpha value is -2.36. The van der Waals surface area contributed by atoms with Crippen molar-refractivity contribution in [1.29, 1.82) is 0 Å². The number of nitrogens with zero attached hydrogens (tertiary/aromatic N) is 2. The van der Waals surface area contributed by atoms with Gasteiger partial charge in [-0.15, -0.1) is 0 Å². The molecule has 2 aliphatic heterocycles. The number of ether oxygens (including phenoxy) is 2. The number of hydrogen-bond acceptors (Lipinski definition) is 7. The van der Waals surface area contributed by atoms with Crippen LogP contribution in [0.15, 0.2) is 0 Å². The minimum absolute atomic E-state index is 0.223. The summed E-state index contributed by atoms with van der Waals surface area (Å²) < 4.78 is 10.6. The Bertz CT molecular complexity index is 700. The van der Waals surface area contributed by atoms with Gasteiger partial charge in [0.05, 0.1) is 6.61 Å². The van der Waals surface area contributed by atoms with Gasteiger partial charge in [0.1, 0.15) is 23.3 Å². The average molecular weight is 442 g/mol. The number of aliphatic hydroxyl groups excluding tert-OH is 1. The number of carbonyl (C=O) groups excluding carboxylic acids is 4. The largest absolute Gasteiger partial charge is 0.460 e. The summed E-state index contributed by atoms with van der Waals surface area (Å²) in [5.74, 6) is -1.60. The van der Waals surface area contributed by atoms with E-state index in [1.807, 2.05) is 0 Å². The van der Waals surface area contributed by atoms with Crippen LogP contribution in [0, 0.1) is 0 Å². The van der Waals surface area contributed by atoms with Gasteiger partial charge in [-0.3, -0.25) is 19.3 Å². The van der Waals surface area contributed by atoms with Crippen molar-refractivity contribution >= 4 is 23.9 Å². The lowest BCUT2D eigenvalue weighted by molar-refractivity contribution is -0.153. The SMILES string of the molecule is CC(=O)O[C@H](C)C(NC(=O)C1(CO)CCCN1C(=O)OC(C)(C)C)C(=O)N1CCCC1. The average Bonchev–Trinajstić information content (AvgIpc) is 3.33. The molecule has 3 atom stereocenters. The lowest BCUT2D eigenvalue weighted by Crippen LogP contribution is -2.64. The molecule has 0 aromatic rings. The van der Waals surface area contributed by atoms with Gasteiger partial charge in [0.25, 0.3) is 0 Å². The molecular weight excluding hydrogens is 406 g/mol. The summed E-state index contributed by atoms with van der Waals surface area (Å²) in [5.41, 5.74) is -2.32. The van der Waals surface area contributed by atoms with Crippen LogP contribution in [0.5, 0.6) is 0 Å². The smallest absolute Gasteiger partial charge is 0.411 e. The van der Waals surface area contributed by atoms with Crippen molar-refractivity contribution in [2.75, 3.05) is 26.2 Å². The van der Waals surface area contributed by atoms with E-state index in [4.69, 9.17) is 9.47 Å². The molecule has 0 saturated carbocycles. The Morgan fingerprint density at radius 3 is 2.23 bits per heavy atom. The van der Waals surface area contributed by atoms with Gasteiger partial charge in [0.15, 0.2) is 0 Å². The van der Waals surface area contributed by atoms with Crippen molar-refractivity contribution in [3.63, 3.8) is 0 Å². The topological polar surface area (TPSA) is 125 Å². The van der Waals surface area contributed by atoms with Crippen LogP contribution in [0.3, 0.4) is 0 Å². The number of nitrogens with one attached hydrogen (secondary N) is 1. The number of hydrogen-bond donors (Lipinski definition) is 2. The van der Waals surface area contributed by atoms with Crippen LogP contribution in [0.2, 0.25) is 0 Å². The molecule has 2 unspecified atom stereocenters. The zero-order valence-corrected chi connectivity index (χ0v) is 19.1. The Kier molecular flexibility index (Phi) is 7.91. The molecule has 0 spiro atoms. The van der Waals surface area contributed by atoms with E-state index in [9.17, 15) is 24.3 Å². The van der Waals surface area contributed by atoms with E-state index in [-0.39, 0.29) is 18.9 Å². The van der Waals surface area contributed by atoms with Crippen LogP contribution in [-0.4, -0.2) is 88.3 Å². The molecule has 0 aliphatic carbocycles. The fourth-order valence-electron chi connectivity index (χ4n) is 4.05. The molecular formula is C21H35N3O7. The third kappa shape index (κ3) is 5.87. The van der Waals surface area contributed by atoms with Gasteiger partial charge >= 0.3 is 12.1 Å². The second-order valence-corrected chi connectivity index (χ2v) is 9.22. The van der Waals surface area contributed by atoms with Crippen molar-refractivity contribution in [1.82, 2.24) is 15.1 Å². The third-order valence-electron chi connectivity index (χ3n) is 5.58. The molecule has 2 N–H and O–H groups in total. The maximum atomic E-state index is 13.4. The number of amides is 3. The fourth-order valence-corrected chi connectivity index (χ4v) is 4.05. The molecule has 31 heavy (non-hydrogen) atoms. The van der Waals surface area contributed by atoms with Crippen LogP contribution in [0.4, 0.5) is 4.79 Å². The highest BCUT2D eigenvalue weighted by Gasteiger charge is 2.52. The van der Waals surface area contributed by atoms with Crippen LogP contribution in [0.1, 0.15) is 60.3 Å². The molecule has 0 aromatic heterocycles. The van der Waals surface area contributed by atoms with Gasteiger partial charge in [-0.25, -0.2) is 4.79 Å². The molecule has 0 aromatic carbocycles. The Morgan fingerprint density at radius 1 is 1.10 bits per heavy atom. The minimum atomic E-state index is -1.55. The second kappa shape index (κ2) is 9.84. The molecule has 0 bridgehead atoms. The summed E-state index contributed by atoms with van der Waals surface area (Å²) >= 11 is 0. The molecule has 10 nitrogen and oxygen atoms in total. The zero-order valence-electron chi connectivity index (χ0n) is 19.1. The summed E-state index contributed by atoms with van der Waals surface area (Å²) in [6.45, 7) is 8.66. The first-order valence-electron chi connectivity index (χ1n) is 10.8. The molecule has 0 radical (unpaired) electrons. The molecule has 2 saturated heterocycles. The summed E-state index contributed by atoms with van der Waals surface area (Å²) in [4.78, 5) is 53.5. The van der Waals surface area contributed by atoms with Crippen LogP contribution in [0.25, 0.3) is 0 Å². The maximum absolute atomic E-state index is 13.4. The molecule has 3 amide bonds. The summed E-state index contributed by atoms with van der Waals surface area (Å²) in [5, 5.41) is 12.8. The highest BCUT2D eigenvalue weighted by molar-refractivity contribution is 5.95. The van der Waals surface area contributed by atoms with Crippen molar-refractivity contribution in [3.8, 4) is 0 Å². The Labute approximate surface area is 183 Å². The first-order chi connectivity index (χ1) is 14.4. The lowest BCUT2D eigenvalue weighted by Gasteiger charge is -2.38. The molecule has 176 valence electrons. The first kappa shape index (κ1) is 24.9. The number of rotatable bonds is 6. The highest BCUT2D eigenvalue weighted by atomic mass is 16.6. The monoisotopic (exact) mass is 441 g/mol. The molecule has 2 heterocycles. The van der Waals surface area contributed by atoms with Crippen LogP contribution >= 0.6 is 0 Å². The van der Waals surface area contributed by atoms with E-state index in [0.29, 0.717) is 19.5 Å². The number of aliphatic hydroxyl groups is 1. The number of likely N-dealkylation sites (tertiary alicyclic amines) is 2. The molecule has 2 aliphatic rings. The predicted octanol–water partition coefficient (Wildman–Crippen LogP) is 0.807. The quantitative estimate of drug-likeness (QED) is 0.584. The second-order valence-electron chi connectivity index (χ2n) is 9.22. The van der Waals surface area contributed by atoms with Gasteiger partial charge in [-0.2, -0.15) is 0 Å². The normalized spacial score (nSPS) is 23.3. The highest BCUT2D eigenvalue weighted by Crippen LogP contribution is 2.31. The van der Waals surface area contributed by atoms with E-state index in [0.717, 1.165) is 12.8 Å². The van der Waals surface area contributed by atoms with E-state index < -0.39 is 47.9 Å². The standard InChI is InChI=1S/C21H35N3O7/c1-14(30-15(2)26)16(17(27)23-10-6-7-11-23)22-18(28)21(13-25)9-8-12-24(21)19(29)31-20(3,4)5/h14,16,25H,6-13H2,1-5H3,(H,22,28)/t14-,16?,21?/m1/s1. The van der Waals surface area contributed by atoms with Crippen LogP contribution in [-0.2, 0) is 23.9 Å². The van der Waals surface area contributed by atoms with E-state index in [2.05, 4.69) is 5.32 Å². The summed E-state index contributed by atoms with van der Waals surface area (Å²) in [6, 6.07) is -1.13. The lowest BCUT2D eigenvalue weighted by atomic mass is 9.95. The summed E-state index contributed by atoms with van der Waals surface area (Å²) in [6.07, 6.45) is 0.827. The zero-order chi connectivity index (χ0) is 23.4. The number of carbonyl (C=O) groups is 4. The van der Waals surface area contributed by atoms with Gasteiger partial charge < -0.3 is 24.8 Å². The Morgan fingerprint density at radius 2 is 1.71 bits per heavy atom. The number of esters is 1. The first-order valence-corrected chi connectivity index (χ1v) is 10.8. The van der Waals surface area contributed by atoms with Gasteiger partial charge in [-0.05, 0) is 53.4 Å². The summed E-state index contributed by atoms with van der Waals surface area (Å²) in [7, 11) is 0. The third-order valence-corrected chi connectivity index (χ3v) is 5.58. The van der Waals surface area contributed by atoms with Gasteiger partial charge in [-0.1, -0.05) is 0 Å². The molecule has 2 fully saturated rings. The van der Waals surface area contributed by atoms with E-state index in [1.54, 1.807) is 25.7 Å². The van der Waals surface area contributed by atoms with Crippen molar-refractivity contribution in [3.05, 3.63) is 0 Å². The molecule has 2 rings (SSSR count). The predicted molar refractivity (Wildman–Crippen MR) is 111 cm³/mol. The van der Waals surface area contributed by atoms with Crippen molar-refractivity contribution < 1.29 is 33.8 Å². The van der Waals surface area contributed by atoms with E-state index >= 15 is 0 Å². The maximum Gasteiger partial charge on any atom is 0.411 e.